The van der Waals surface area contributed by atoms with Crippen LogP contribution in [0.15, 0.2) is 30.3 Å². The lowest BCUT2D eigenvalue weighted by molar-refractivity contribution is 0.575. The first-order chi connectivity index (χ1) is 6.98. The quantitative estimate of drug-likeness (QED) is 0.606. The fraction of sp³-hybridized carbons (Fsp3) is 0.308. The number of pyridine rings is 1. The Hall–Kier alpha value is -1.08. The summed E-state index contributed by atoms with van der Waals surface area (Å²) in [5.74, 6) is 0. The second kappa shape index (κ2) is 3.49. The van der Waals surface area contributed by atoms with Crippen molar-refractivity contribution in [2.45, 2.75) is 26.2 Å². The molecule has 0 aliphatic heterocycles. The standard InChI is InChI=1S/C13H14ClN/c1-13(2,3)12-10-7-5-4-6-9(10)8-11(14)15-12/h4-8H,1-3H3. The molecular formula is C13H14ClN. The van der Waals surface area contributed by atoms with Gasteiger partial charge in [0.2, 0.25) is 0 Å². The smallest absolute Gasteiger partial charge is 0.130 e. The molecule has 0 saturated heterocycles. The lowest BCUT2D eigenvalue weighted by atomic mass is 9.88. The van der Waals surface area contributed by atoms with Crippen molar-refractivity contribution in [1.82, 2.24) is 4.98 Å². The van der Waals surface area contributed by atoms with E-state index in [1.54, 1.807) is 0 Å². The summed E-state index contributed by atoms with van der Waals surface area (Å²) in [7, 11) is 0. The maximum Gasteiger partial charge on any atom is 0.130 e. The predicted molar refractivity (Wildman–Crippen MR) is 65.5 cm³/mol. The van der Waals surface area contributed by atoms with Gasteiger partial charge in [-0.1, -0.05) is 56.6 Å². The molecule has 1 aromatic heterocycles. The van der Waals surface area contributed by atoms with Gasteiger partial charge in [-0.3, -0.25) is 0 Å². The number of hydrogen-bond donors (Lipinski definition) is 0. The zero-order valence-electron chi connectivity index (χ0n) is 9.21. The SMILES string of the molecule is CC(C)(C)c1nc(Cl)cc2ccccc12. The van der Waals surface area contributed by atoms with Crippen molar-refractivity contribution in [3.05, 3.63) is 41.2 Å². The highest BCUT2D eigenvalue weighted by Crippen LogP contribution is 2.29. The van der Waals surface area contributed by atoms with Crippen LogP contribution in [0.4, 0.5) is 0 Å². The van der Waals surface area contributed by atoms with Crippen molar-refractivity contribution in [3.63, 3.8) is 0 Å². The first kappa shape index (κ1) is 10.4. The summed E-state index contributed by atoms with van der Waals surface area (Å²) in [6.45, 7) is 6.45. The Morgan fingerprint density at radius 3 is 2.47 bits per heavy atom. The van der Waals surface area contributed by atoms with Gasteiger partial charge in [0, 0.05) is 10.8 Å². The van der Waals surface area contributed by atoms with E-state index in [2.05, 4.69) is 37.9 Å². The highest BCUT2D eigenvalue weighted by molar-refractivity contribution is 6.30. The molecule has 0 fully saturated rings. The van der Waals surface area contributed by atoms with Gasteiger partial charge >= 0.3 is 0 Å². The third-order valence-corrected chi connectivity index (χ3v) is 2.61. The minimum atomic E-state index is 0.0184. The molecule has 1 nitrogen and oxygen atoms in total. The van der Waals surface area contributed by atoms with E-state index in [0.29, 0.717) is 5.15 Å². The minimum Gasteiger partial charge on any atom is -0.240 e. The first-order valence-corrected chi connectivity index (χ1v) is 5.42. The van der Waals surface area contributed by atoms with E-state index in [-0.39, 0.29) is 5.41 Å². The molecule has 0 aliphatic carbocycles. The molecule has 0 amide bonds. The van der Waals surface area contributed by atoms with Crippen molar-refractivity contribution in [3.8, 4) is 0 Å². The average Bonchev–Trinajstić information content (AvgIpc) is 2.15. The van der Waals surface area contributed by atoms with Crippen LogP contribution in [-0.2, 0) is 5.41 Å². The van der Waals surface area contributed by atoms with Gasteiger partial charge in [0.25, 0.3) is 0 Å². The van der Waals surface area contributed by atoms with Gasteiger partial charge in [-0.25, -0.2) is 4.98 Å². The van der Waals surface area contributed by atoms with Gasteiger partial charge in [-0.15, -0.1) is 0 Å². The number of benzene rings is 1. The molecule has 0 bridgehead atoms. The number of halogens is 1. The summed E-state index contributed by atoms with van der Waals surface area (Å²) in [6.07, 6.45) is 0. The Balaban J connectivity index is 2.83. The predicted octanol–water partition coefficient (Wildman–Crippen LogP) is 4.19. The van der Waals surface area contributed by atoms with Gasteiger partial charge in [-0.05, 0) is 11.5 Å². The molecule has 0 unspecified atom stereocenters. The van der Waals surface area contributed by atoms with Crippen molar-refractivity contribution < 1.29 is 0 Å². The molecule has 0 spiro atoms. The van der Waals surface area contributed by atoms with Crippen molar-refractivity contribution >= 4 is 22.4 Å². The molecule has 2 heteroatoms. The Kier molecular flexibility index (Phi) is 2.43. The van der Waals surface area contributed by atoms with Crippen molar-refractivity contribution in [2.24, 2.45) is 0 Å². The van der Waals surface area contributed by atoms with Gasteiger partial charge in [0.05, 0.1) is 5.69 Å². The monoisotopic (exact) mass is 219 g/mol. The van der Waals surface area contributed by atoms with Crippen LogP contribution in [0.5, 0.6) is 0 Å². The van der Waals surface area contributed by atoms with E-state index in [1.807, 2.05) is 18.2 Å². The number of fused-ring (bicyclic) bond motifs is 1. The summed E-state index contributed by atoms with van der Waals surface area (Å²) in [5, 5.41) is 2.91. The van der Waals surface area contributed by atoms with E-state index in [9.17, 15) is 0 Å². The van der Waals surface area contributed by atoms with Crippen LogP contribution < -0.4 is 0 Å². The zero-order valence-corrected chi connectivity index (χ0v) is 9.97. The molecule has 0 saturated carbocycles. The lowest BCUT2D eigenvalue weighted by Gasteiger charge is -2.20. The van der Waals surface area contributed by atoms with Gasteiger partial charge < -0.3 is 0 Å². The average molecular weight is 220 g/mol. The van der Waals surface area contributed by atoms with Gasteiger partial charge in [0.15, 0.2) is 0 Å². The van der Waals surface area contributed by atoms with Crippen molar-refractivity contribution in [1.29, 1.82) is 0 Å². The summed E-state index contributed by atoms with van der Waals surface area (Å²) in [4.78, 5) is 4.44. The van der Waals surface area contributed by atoms with Crippen LogP contribution in [0.25, 0.3) is 10.8 Å². The fourth-order valence-electron chi connectivity index (χ4n) is 1.74. The third kappa shape index (κ3) is 1.98. The molecule has 0 radical (unpaired) electrons. The number of hydrogen-bond acceptors (Lipinski definition) is 1. The van der Waals surface area contributed by atoms with E-state index >= 15 is 0 Å². The van der Waals surface area contributed by atoms with Gasteiger partial charge in [-0.2, -0.15) is 0 Å². The van der Waals surface area contributed by atoms with E-state index in [4.69, 9.17) is 11.6 Å². The van der Waals surface area contributed by atoms with E-state index < -0.39 is 0 Å². The Labute approximate surface area is 95.1 Å². The summed E-state index contributed by atoms with van der Waals surface area (Å²) in [6, 6.07) is 10.1. The zero-order chi connectivity index (χ0) is 11.1. The van der Waals surface area contributed by atoms with Crippen LogP contribution in [0.2, 0.25) is 5.15 Å². The number of nitrogens with zero attached hydrogens (tertiary/aromatic N) is 1. The molecule has 78 valence electrons. The van der Waals surface area contributed by atoms with Crippen molar-refractivity contribution in [2.75, 3.05) is 0 Å². The summed E-state index contributed by atoms with van der Waals surface area (Å²) >= 11 is 6.02. The normalized spacial score (nSPS) is 12.0. The molecule has 0 atom stereocenters. The molecule has 1 aromatic carbocycles. The van der Waals surface area contributed by atoms with E-state index in [1.165, 1.54) is 5.39 Å². The topological polar surface area (TPSA) is 12.9 Å². The fourth-order valence-corrected chi connectivity index (χ4v) is 1.94. The first-order valence-electron chi connectivity index (χ1n) is 5.04. The maximum absolute atomic E-state index is 6.02. The number of aromatic nitrogens is 1. The van der Waals surface area contributed by atoms with Crippen LogP contribution in [-0.4, -0.2) is 4.98 Å². The van der Waals surface area contributed by atoms with Crippen LogP contribution in [0.1, 0.15) is 26.5 Å². The maximum atomic E-state index is 6.02. The highest BCUT2D eigenvalue weighted by atomic mass is 35.5. The Morgan fingerprint density at radius 1 is 1.13 bits per heavy atom. The summed E-state index contributed by atoms with van der Waals surface area (Å²) in [5.41, 5.74) is 1.08. The Bertz CT molecular complexity index is 497. The number of rotatable bonds is 0. The van der Waals surface area contributed by atoms with E-state index in [0.717, 1.165) is 11.1 Å². The lowest BCUT2D eigenvalue weighted by Crippen LogP contribution is -2.14. The molecule has 0 N–H and O–H groups in total. The van der Waals surface area contributed by atoms with Crippen LogP contribution >= 0.6 is 11.6 Å². The molecule has 15 heavy (non-hydrogen) atoms. The third-order valence-electron chi connectivity index (χ3n) is 2.42. The van der Waals surface area contributed by atoms with Gasteiger partial charge in [0.1, 0.15) is 5.15 Å². The highest BCUT2D eigenvalue weighted by Gasteiger charge is 2.19. The second-order valence-electron chi connectivity index (χ2n) is 4.76. The molecular weight excluding hydrogens is 206 g/mol. The molecule has 1 heterocycles. The van der Waals surface area contributed by atoms with Crippen LogP contribution in [0, 0.1) is 0 Å². The molecule has 2 aromatic rings. The minimum absolute atomic E-state index is 0.0184. The van der Waals surface area contributed by atoms with Crippen LogP contribution in [0.3, 0.4) is 0 Å². The summed E-state index contributed by atoms with van der Waals surface area (Å²) < 4.78 is 0. The molecule has 0 aliphatic rings. The molecule has 2 rings (SSSR count). The second-order valence-corrected chi connectivity index (χ2v) is 5.15. The largest absolute Gasteiger partial charge is 0.240 e. The Morgan fingerprint density at radius 2 is 1.80 bits per heavy atom.